The number of nitrogens with two attached hydrogens (primary N) is 1. The van der Waals surface area contributed by atoms with E-state index in [-0.39, 0.29) is 31.8 Å². The van der Waals surface area contributed by atoms with Gasteiger partial charge in [-0.3, -0.25) is 14.5 Å². The minimum atomic E-state index is -0.604. The molecule has 2 atom stereocenters. The van der Waals surface area contributed by atoms with Crippen LogP contribution in [0.15, 0.2) is 60.7 Å². The average molecular weight is 440 g/mol. The number of ether oxygens (including phenoxy) is 2. The summed E-state index contributed by atoms with van der Waals surface area (Å²) >= 11 is 0. The maximum Gasteiger partial charge on any atom is 0.410 e. The van der Waals surface area contributed by atoms with Gasteiger partial charge in [-0.2, -0.15) is 0 Å². The molecular formula is C24H29N3O5. The number of hydrogen-bond donors (Lipinski definition) is 2. The largest absolute Gasteiger partial charge is 0.445 e. The van der Waals surface area contributed by atoms with Crippen LogP contribution in [-0.2, 0) is 32.1 Å². The van der Waals surface area contributed by atoms with Gasteiger partial charge in [0.25, 0.3) is 0 Å². The monoisotopic (exact) mass is 439 g/mol. The lowest BCUT2D eigenvalue weighted by molar-refractivity contribution is -0.126. The highest BCUT2D eigenvalue weighted by atomic mass is 16.6. The van der Waals surface area contributed by atoms with Crippen LogP contribution in [0.4, 0.5) is 4.79 Å². The van der Waals surface area contributed by atoms with Crippen LogP contribution in [0, 0.1) is 0 Å². The predicted molar refractivity (Wildman–Crippen MR) is 118 cm³/mol. The number of carbonyl (C=O) groups excluding carboxylic acids is 3. The molecule has 0 spiro atoms. The van der Waals surface area contributed by atoms with Gasteiger partial charge in [-0.15, -0.1) is 0 Å². The van der Waals surface area contributed by atoms with E-state index in [0.717, 1.165) is 17.5 Å². The maximum absolute atomic E-state index is 13.0. The Morgan fingerprint density at radius 1 is 1.03 bits per heavy atom. The molecule has 1 fully saturated rings. The SMILES string of the molecule is NC(=O)COCC(Cc1ccccc1)NC(=O)[C@@H]1CCCN1C(=O)OCc1ccccc1. The van der Waals surface area contributed by atoms with Crippen molar-refractivity contribution in [3.05, 3.63) is 71.8 Å². The fourth-order valence-corrected chi connectivity index (χ4v) is 3.71. The van der Waals surface area contributed by atoms with Crippen molar-refractivity contribution in [2.45, 2.75) is 38.0 Å². The van der Waals surface area contributed by atoms with Gasteiger partial charge < -0.3 is 20.5 Å². The van der Waals surface area contributed by atoms with Gasteiger partial charge in [-0.1, -0.05) is 60.7 Å². The standard InChI is InChI=1S/C24H29N3O5/c25-22(28)17-31-16-20(14-18-8-3-1-4-9-18)26-23(29)21-12-7-13-27(21)24(30)32-15-19-10-5-2-6-11-19/h1-6,8-11,20-21H,7,12-17H2,(H2,25,28)(H,26,29)/t20?,21-/m0/s1. The van der Waals surface area contributed by atoms with Gasteiger partial charge >= 0.3 is 6.09 Å². The van der Waals surface area contributed by atoms with Crippen molar-refractivity contribution in [2.75, 3.05) is 19.8 Å². The molecule has 3 amide bonds. The molecule has 2 aromatic carbocycles. The second-order valence-corrected chi connectivity index (χ2v) is 7.77. The summed E-state index contributed by atoms with van der Waals surface area (Å²) in [6, 6.07) is 18.1. The number of benzene rings is 2. The molecule has 32 heavy (non-hydrogen) atoms. The molecule has 3 rings (SSSR count). The minimum Gasteiger partial charge on any atom is -0.445 e. The van der Waals surface area contributed by atoms with E-state index in [2.05, 4.69) is 5.32 Å². The van der Waals surface area contributed by atoms with Crippen LogP contribution < -0.4 is 11.1 Å². The zero-order valence-corrected chi connectivity index (χ0v) is 17.9. The third-order valence-corrected chi connectivity index (χ3v) is 5.23. The maximum atomic E-state index is 13.0. The molecule has 1 aliphatic rings. The lowest BCUT2D eigenvalue weighted by atomic mass is 10.1. The molecular weight excluding hydrogens is 410 g/mol. The van der Waals surface area contributed by atoms with Gasteiger partial charge in [0.2, 0.25) is 11.8 Å². The van der Waals surface area contributed by atoms with E-state index in [4.69, 9.17) is 15.2 Å². The van der Waals surface area contributed by atoms with Gasteiger partial charge in [0.15, 0.2) is 0 Å². The Labute approximate surface area is 187 Å². The van der Waals surface area contributed by atoms with Crippen LogP contribution in [0.3, 0.4) is 0 Å². The van der Waals surface area contributed by atoms with Gasteiger partial charge in [-0.25, -0.2) is 4.79 Å². The van der Waals surface area contributed by atoms with Crippen molar-refractivity contribution in [2.24, 2.45) is 5.73 Å². The van der Waals surface area contributed by atoms with Crippen LogP contribution in [-0.4, -0.2) is 54.6 Å². The van der Waals surface area contributed by atoms with Crippen LogP contribution in [0.5, 0.6) is 0 Å². The Morgan fingerprint density at radius 2 is 1.69 bits per heavy atom. The van der Waals surface area contributed by atoms with Crippen molar-refractivity contribution in [1.82, 2.24) is 10.2 Å². The van der Waals surface area contributed by atoms with E-state index in [9.17, 15) is 14.4 Å². The molecule has 1 saturated heterocycles. The van der Waals surface area contributed by atoms with E-state index in [1.165, 1.54) is 4.90 Å². The van der Waals surface area contributed by atoms with Crippen molar-refractivity contribution >= 4 is 17.9 Å². The molecule has 1 aliphatic heterocycles. The third-order valence-electron chi connectivity index (χ3n) is 5.23. The predicted octanol–water partition coefficient (Wildman–Crippen LogP) is 2.02. The normalized spacial score (nSPS) is 16.4. The molecule has 8 heteroatoms. The van der Waals surface area contributed by atoms with Crippen molar-refractivity contribution < 1.29 is 23.9 Å². The van der Waals surface area contributed by atoms with Gasteiger partial charge in [0.05, 0.1) is 12.6 Å². The molecule has 0 radical (unpaired) electrons. The van der Waals surface area contributed by atoms with Crippen LogP contribution >= 0.6 is 0 Å². The summed E-state index contributed by atoms with van der Waals surface area (Å²) < 4.78 is 10.8. The first-order valence-electron chi connectivity index (χ1n) is 10.7. The lowest BCUT2D eigenvalue weighted by Crippen LogP contribution is -2.50. The summed E-state index contributed by atoms with van der Waals surface area (Å²) in [6.45, 7) is 0.534. The van der Waals surface area contributed by atoms with Crippen LogP contribution in [0.2, 0.25) is 0 Å². The Balaban J connectivity index is 1.58. The van der Waals surface area contributed by atoms with Crippen molar-refractivity contribution in [1.29, 1.82) is 0 Å². The number of nitrogens with zero attached hydrogens (tertiary/aromatic N) is 1. The number of hydrogen-bond acceptors (Lipinski definition) is 5. The van der Waals surface area contributed by atoms with E-state index < -0.39 is 18.0 Å². The number of likely N-dealkylation sites (tertiary alicyclic amines) is 1. The molecule has 3 N–H and O–H groups in total. The molecule has 0 saturated carbocycles. The molecule has 0 bridgehead atoms. The zero-order chi connectivity index (χ0) is 22.8. The first-order chi connectivity index (χ1) is 15.5. The molecule has 2 aromatic rings. The fraction of sp³-hybridized carbons (Fsp3) is 0.375. The second kappa shape index (κ2) is 11.9. The van der Waals surface area contributed by atoms with Gasteiger partial charge in [-0.05, 0) is 30.4 Å². The quantitative estimate of drug-likeness (QED) is 0.588. The first-order valence-corrected chi connectivity index (χ1v) is 10.7. The minimum absolute atomic E-state index is 0.134. The van der Waals surface area contributed by atoms with E-state index in [1.54, 1.807) is 0 Å². The number of nitrogens with one attached hydrogen (secondary N) is 1. The summed E-state index contributed by atoms with van der Waals surface area (Å²) in [5.74, 6) is -0.833. The number of amides is 3. The Bertz CT molecular complexity index is 891. The molecule has 0 aliphatic carbocycles. The van der Waals surface area contributed by atoms with Crippen molar-refractivity contribution in [3.63, 3.8) is 0 Å². The Hall–Kier alpha value is -3.39. The first kappa shape index (κ1) is 23.3. The smallest absolute Gasteiger partial charge is 0.410 e. The highest BCUT2D eigenvalue weighted by Gasteiger charge is 2.36. The molecule has 8 nitrogen and oxygen atoms in total. The van der Waals surface area contributed by atoms with Crippen LogP contribution in [0.25, 0.3) is 0 Å². The van der Waals surface area contributed by atoms with E-state index in [1.807, 2.05) is 60.7 Å². The van der Waals surface area contributed by atoms with Gasteiger partial charge in [0.1, 0.15) is 19.3 Å². The van der Waals surface area contributed by atoms with Crippen molar-refractivity contribution in [3.8, 4) is 0 Å². The van der Waals surface area contributed by atoms with Gasteiger partial charge in [0, 0.05) is 6.54 Å². The Kier molecular flexibility index (Phi) is 8.62. The summed E-state index contributed by atoms with van der Waals surface area (Å²) in [6.07, 6.45) is 1.30. The fourth-order valence-electron chi connectivity index (χ4n) is 3.71. The molecule has 0 aromatic heterocycles. The zero-order valence-electron chi connectivity index (χ0n) is 17.9. The number of primary amides is 1. The number of rotatable bonds is 10. The highest BCUT2D eigenvalue weighted by Crippen LogP contribution is 2.19. The molecule has 1 heterocycles. The van der Waals surface area contributed by atoms with Crippen LogP contribution in [0.1, 0.15) is 24.0 Å². The average Bonchev–Trinajstić information content (AvgIpc) is 3.29. The second-order valence-electron chi connectivity index (χ2n) is 7.77. The lowest BCUT2D eigenvalue weighted by Gasteiger charge is -2.26. The highest BCUT2D eigenvalue weighted by molar-refractivity contribution is 5.86. The molecule has 170 valence electrons. The number of carbonyl (C=O) groups is 3. The van der Waals surface area contributed by atoms with E-state index in [0.29, 0.717) is 19.4 Å². The Morgan fingerprint density at radius 3 is 2.34 bits per heavy atom. The summed E-state index contributed by atoms with van der Waals surface area (Å²) in [5.41, 5.74) is 7.05. The summed E-state index contributed by atoms with van der Waals surface area (Å²) in [7, 11) is 0. The topological polar surface area (TPSA) is 111 Å². The molecule has 1 unspecified atom stereocenters. The summed E-state index contributed by atoms with van der Waals surface area (Å²) in [4.78, 5) is 38.1. The third kappa shape index (κ3) is 7.09. The van der Waals surface area contributed by atoms with E-state index >= 15 is 0 Å². The summed E-state index contributed by atoms with van der Waals surface area (Å²) in [5, 5.41) is 2.97.